The van der Waals surface area contributed by atoms with Crippen LogP contribution in [0.3, 0.4) is 0 Å². The number of aromatic nitrogens is 2. The lowest BCUT2D eigenvalue weighted by atomic mass is 10.1. The van der Waals surface area contributed by atoms with Gasteiger partial charge in [0.1, 0.15) is 23.2 Å². The number of aryl methyl sites for hydroxylation is 1. The van der Waals surface area contributed by atoms with Crippen LogP contribution in [0.1, 0.15) is 42.8 Å². The lowest BCUT2D eigenvalue weighted by molar-refractivity contribution is -0.161. The molecule has 1 atom stereocenters. The normalized spacial score (nSPS) is 13.5. The van der Waals surface area contributed by atoms with Crippen LogP contribution in [0.4, 0.5) is 15.9 Å². The number of halogens is 1. The molecule has 2 heterocycles. The van der Waals surface area contributed by atoms with Crippen LogP contribution in [0.15, 0.2) is 78.9 Å². The molecule has 4 aromatic rings. The molecule has 7 nitrogen and oxygen atoms in total. The first-order chi connectivity index (χ1) is 18.9. The second kappa shape index (κ2) is 11.5. The van der Waals surface area contributed by atoms with Gasteiger partial charge >= 0.3 is 5.97 Å². The fourth-order valence-electron chi connectivity index (χ4n) is 4.68. The molecule has 3 aromatic carbocycles. The van der Waals surface area contributed by atoms with Gasteiger partial charge in [-0.25, -0.2) is 9.37 Å². The quantitative estimate of drug-likeness (QED) is 0.278. The molecule has 39 heavy (non-hydrogen) atoms. The van der Waals surface area contributed by atoms with Crippen LogP contribution in [0.2, 0.25) is 0 Å². The molecule has 1 aliphatic heterocycles. The summed E-state index contributed by atoms with van der Waals surface area (Å²) in [5.41, 5.74) is 4.12. The van der Waals surface area contributed by atoms with Gasteiger partial charge in [-0.1, -0.05) is 55.0 Å². The van der Waals surface area contributed by atoms with E-state index in [1.165, 1.54) is 12.1 Å². The van der Waals surface area contributed by atoms with E-state index in [0.717, 1.165) is 22.6 Å². The van der Waals surface area contributed by atoms with Gasteiger partial charge in [0.2, 0.25) is 6.10 Å². The van der Waals surface area contributed by atoms with Gasteiger partial charge in [0.05, 0.1) is 6.54 Å². The lowest BCUT2D eigenvalue weighted by Gasteiger charge is -2.31. The van der Waals surface area contributed by atoms with Crippen LogP contribution in [0, 0.1) is 12.7 Å². The standard InChI is InChI=1S/C31H31FN4O3/c1-3-7-27(37)39-29(23-8-5-4-6-9-23)31(38)35-18-19-36-26(20-35)34-28(22-12-14-24(32)15-13-22)30(36)33-25-16-10-21(2)11-17-25/h4-6,8-17,29,33H,3,7,18-20H2,1-2H3. The smallest absolute Gasteiger partial charge is 0.306 e. The van der Waals surface area contributed by atoms with E-state index in [1.807, 2.05) is 56.3 Å². The largest absolute Gasteiger partial charge is 0.447 e. The SMILES string of the molecule is CCCC(=O)OC(C(=O)N1CCn2c(nc(-c3ccc(F)cc3)c2Nc2ccc(C)cc2)C1)c1ccccc1. The number of benzene rings is 3. The minimum Gasteiger partial charge on any atom is -0.447 e. The molecule has 1 amide bonds. The third-order valence-corrected chi connectivity index (χ3v) is 6.75. The average molecular weight is 527 g/mol. The Bertz CT molecular complexity index is 1450. The van der Waals surface area contributed by atoms with Gasteiger partial charge in [-0.2, -0.15) is 0 Å². The summed E-state index contributed by atoms with van der Waals surface area (Å²) in [7, 11) is 0. The first-order valence-electron chi connectivity index (χ1n) is 13.1. The number of rotatable bonds is 8. The number of carbonyl (C=O) groups excluding carboxylic acids is 2. The predicted molar refractivity (Wildman–Crippen MR) is 148 cm³/mol. The monoisotopic (exact) mass is 526 g/mol. The molecule has 0 bridgehead atoms. The first kappa shape index (κ1) is 26.2. The maximum Gasteiger partial charge on any atom is 0.306 e. The van der Waals surface area contributed by atoms with Gasteiger partial charge in [0, 0.05) is 36.3 Å². The first-order valence-corrected chi connectivity index (χ1v) is 13.1. The fraction of sp³-hybridized carbons (Fsp3) is 0.258. The molecule has 1 unspecified atom stereocenters. The number of amides is 1. The Morgan fingerprint density at radius 1 is 1.00 bits per heavy atom. The number of anilines is 2. The van der Waals surface area contributed by atoms with E-state index in [-0.39, 0.29) is 24.7 Å². The van der Waals surface area contributed by atoms with E-state index in [2.05, 4.69) is 9.88 Å². The van der Waals surface area contributed by atoms with Crippen molar-refractivity contribution in [1.29, 1.82) is 0 Å². The van der Waals surface area contributed by atoms with E-state index in [0.29, 0.717) is 36.6 Å². The van der Waals surface area contributed by atoms with Crippen molar-refractivity contribution in [3.8, 4) is 11.3 Å². The van der Waals surface area contributed by atoms with E-state index in [1.54, 1.807) is 29.2 Å². The predicted octanol–water partition coefficient (Wildman–Crippen LogP) is 6.17. The number of hydrogen-bond donors (Lipinski definition) is 1. The maximum absolute atomic E-state index is 13.7. The molecule has 0 aliphatic carbocycles. The topological polar surface area (TPSA) is 76.5 Å². The van der Waals surface area contributed by atoms with E-state index in [4.69, 9.17) is 9.72 Å². The second-order valence-corrected chi connectivity index (χ2v) is 9.67. The molecule has 0 spiro atoms. The average Bonchev–Trinajstić information content (AvgIpc) is 3.31. The Balaban J connectivity index is 1.47. The highest BCUT2D eigenvalue weighted by Gasteiger charge is 2.33. The summed E-state index contributed by atoms with van der Waals surface area (Å²) in [4.78, 5) is 32.7. The molecular formula is C31H31FN4O3. The van der Waals surface area contributed by atoms with Gasteiger partial charge in [-0.15, -0.1) is 0 Å². The van der Waals surface area contributed by atoms with Crippen molar-refractivity contribution in [2.75, 3.05) is 11.9 Å². The van der Waals surface area contributed by atoms with Crippen LogP contribution in [-0.4, -0.2) is 32.9 Å². The Morgan fingerprint density at radius 2 is 1.72 bits per heavy atom. The Labute approximate surface area is 227 Å². The van der Waals surface area contributed by atoms with Gasteiger partial charge < -0.3 is 19.5 Å². The third-order valence-electron chi connectivity index (χ3n) is 6.75. The summed E-state index contributed by atoms with van der Waals surface area (Å²) in [6.07, 6.45) is -0.136. The van der Waals surface area contributed by atoms with Crippen molar-refractivity contribution >= 4 is 23.4 Å². The molecule has 8 heteroatoms. The Morgan fingerprint density at radius 3 is 2.41 bits per heavy atom. The molecule has 0 saturated heterocycles. The van der Waals surface area contributed by atoms with Crippen LogP contribution >= 0.6 is 0 Å². The summed E-state index contributed by atoms with van der Waals surface area (Å²) >= 11 is 0. The van der Waals surface area contributed by atoms with E-state index in [9.17, 15) is 14.0 Å². The van der Waals surface area contributed by atoms with Crippen LogP contribution < -0.4 is 5.32 Å². The van der Waals surface area contributed by atoms with Gasteiger partial charge in [0.15, 0.2) is 0 Å². The molecule has 0 saturated carbocycles. The van der Waals surface area contributed by atoms with Gasteiger partial charge in [0.25, 0.3) is 5.91 Å². The van der Waals surface area contributed by atoms with Crippen molar-refractivity contribution in [1.82, 2.24) is 14.5 Å². The summed E-state index contributed by atoms with van der Waals surface area (Å²) in [5, 5.41) is 3.49. The number of hydrogen-bond acceptors (Lipinski definition) is 5. The molecule has 200 valence electrons. The minimum absolute atomic E-state index is 0.246. The molecule has 1 aliphatic rings. The number of ether oxygens (including phenoxy) is 1. The molecule has 1 aromatic heterocycles. The third kappa shape index (κ3) is 5.85. The zero-order chi connectivity index (χ0) is 27.4. The molecular weight excluding hydrogens is 495 g/mol. The van der Waals surface area contributed by atoms with Gasteiger partial charge in [-0.3, -0.25) is 9.59 Å². The number of fused-ring (bicyclic) bond motifs is 1. The van der Waals surface area contributed by atoms with Crippen LogP contribution in [0.5, 0.6) is 0 Å². The summed E-state index contributed by atoms with van der Waals surface area (Å²) in [6.45, 7) is 5.09. The van der Waals surface area contributed by atoms with Gasteiger partial charge in [-0.05, 0) is 49.7 Å². The molecule has 1 N–H and O–H groups in total. The van der Waals surface area contributed by atoms with E-state index < -0.39 is 12.1 Å². The van der Waals surface area contributed by atoms with Crippen molar-refractivity contribution in [2.24, 2.45) is 0 Å². The zero-order valence-electron chi connectivity index (χ0n) is 22.1. The van der Waals surface area contributed by atoms with Crippen molar-refractivity contribution in [3.63, 3.8) is 0 Å². The van der Waals surface area contributed by atoms with Crippen LogP contribution in [-0.2, 0) is 27.4 Å². The van der Waals surface area contributed by atoms with Crippen molar-refractivity contribution < 1.29 is 18.7 Å². The Kier molecular flexibility index (Phi) is 7.72. The fourth-order valence-corrected chi connectivity index (χ4v) is 4.68. The van der Waals surface area contributed by atoms with Crippen molar-refractivity contribution in [3.05, 3.63) is 102 Å². The summed E-state index contributed by atoms with van der Waals surface area (Å²) in [5.74, 6) is 0.464. The number of nitrogens with one attached hydrogen (secondary N) is 1. The number of imidazole rings is 1. The lowest BCUT2D eigenvalue weighted by Crippen LogP contribution is -2.42. The maximum atomic E-state index is 13.7. The second-order valence-electron chi connectivity index (χ2n) is 9.67. The molecule has 0 fully saturated rings. The number of carbonyl (C=O) groups is 2. The highest BCUT2D eigenvalue weighted by molar-refractivity contribution is 5.85. The van der Waals surface area contributed by atoms with Crippen molar-refractivity contribution in [2.45, 2.75) is 45.9 Å². The summed E-state index contributed by atoms with van der Waals surface area (Å²) < 4.78 is 21.4. The minimum atomic E-state index is -1.02. The highest BCUT2D eigenvalue weighted by atomic mass is 19.1. The highest BCUT2D eigenvalue weighted by Crippen LogP contribution is 2.34. The number of nitrogens with zero attached hydrogens (tertiary/aromatic N) is 3. The number of esters is 1. The summed E-state index contributed by atoms with van der Waals surface area (Å²) in [6, 6.07) is 23.4. The molecule has 0 radical (unpaired) electrons. The molecule has 5 rings (SSSR count). The van der Waals surface area contributed by atoms with Crippen LogP contribution in [0.25, 0.3) is 11.3 Å². The zero-order valence-corrected chi connectivity index (χ0v) is 22.1. The van der Waals surface area contributed by atoms with E-state index >= 15 is 0 Å². The Hall–Kier alpha value is -4.46.